The highest BCUT2D eigenvalue weighted by atomic mass is 35.5. The zero-order chi connectivity index (χ0) is 13.5. The largest absolute Gasteiger partial charge is 0.356 e. The first-order valence-electron chi connectivity index (χ1n) is 6.27. The molecule has 2 aromatic rings. The van der Waals surface area contributed by atoms with E-state index in [-0.39, 0.29) is 5.91 Å². The minimum Gasteiger partial charge on any atom is -0.356 e. The Morgan fingerprint density at radius 1 is 1.21 bits per heavy atom. The minimum absolute atomic E-state index is 0.0959. The first-order chi connectivity index (χ1) is 9.24. The van der Waals surface area contributed by atoms with Gasteiger partial charge >= 0.3 is 0 Å². The Morgan fingerprint density at radius 3 is 2.68 bits per heavy atom. The minimum atomic E-state index is 0.0959. The molecule has 0 aliphatic rings. The third kappa shape index (κ3) is 5.05. The van der Waals surface area contributed by atoms with Crippen molar-refractivity contribution in [3.63, 3.8) is 0 Å². The van der Waals surface area contributed by atoms with Crippen molar-refractivity contribution in [2.45, 2.75) is 19.3 Å². The van der Waals surface area contributed by atoms with E-state index in [4.69, 9.17) is 11.6 Å². The Balaban J connectivity index is 1.64. The van der Waals surface area contributed by atoms with Crippen LogP contribution in [0.1, 0.15) is 16.9 Å². The van der Waals surface area contributed by atoms with Crippen molar-refractivity contribution in [3.8, 4) is 0 Å². The number of carbonyl (C=O) groups is 1. The van der Waals surface area contributed by atoms with Gasteiger partial charge in [0.2, 0.25) is 5.91 Å². The summed E-state index contributed by atoms with van der Waals surface area (Å²) in [5, 5.41) is 5.69. The van der Waals surface area contributed by atoms with Crippen LogP contribution in [0.4, 0.5) is 0 Å². The summed E-state index contributed by atoms with van der Waals surface area (Å²) in [6.07, 6.45) is 2.38. The molecule has 1 aromatic heterocycles. The van der Waals surface area contributed by atoms with Crippen LogP contribution in [0.5, 0.6) is 0 Å². The number of carbonyl (C=O) groups excluding carboxylic acids is 1. The van der Waals surface area contributed by atoms with Gasteiger partial charge in [0.25, 0.3) is 0 Å². The van der Waals surface area contributed by atoms with Crippen LogP contribution in [-0.4, -0.2) is 12.5 Å². The smallest absolute Gasteiger partial charge is 0.225 e. The molecule has 100 valence electrons. The second-order valence-corrected chi connectivity index (χ2v) is 5.80. The lowest BCUT2D eigenvalue weighted by atomic mass is 10.1. The highest BCUT2D eigenvalue weighted by Crippen LogP contribution is 2.11. The lowest BCUT2D eigenvalue weighted by molar-refractivity contribution is -0.120. The summed E-state index contributed by atoms with van der Waals surface area (Å²) < 4.78 is 0. The second kappa shape index (κ2) is 7.31. The van der Waals surface area contributed by atoms with Crippen LogP contribution in [0.25, 0.3) is 0 Å². The Hall–Kier alpha value is -1.32. The van der Waals surface area contributed by atoms with Crippen molar-refractivity contribution in [2.75, 3.05) is 6.54 Å². The molecule has 1 N–H and O–H groups in total. The Kier molecular flexibility index (Phi) is 5.43. The fourth-order valence-corrected chi connectivity index (χ4v) is 2.63. The summed E-state index contributed by atoms with van der Waals surface area (Å²) in [5.41, 5.74) is 1.25. The van der Waals surface area contributed by atoms with Crippen molar-refractivity contribution < 1.29 is 4.79 Å². The molecule has 1 aromatic carbocycles. The van der Waals surface area contributed by atoms with E-state index in [9.17, 15) is 4.79 Å². The number of halogens is 1. The van der Waals surface area contributed by atoms with E-state index < -0.39 is 0 Å². The molecule has 0 saturated heterocycles. The van der Waals surface area contributed by atoms with Crippen molar-refractivity contribution >= 4 is 28.8 Å². The Bertz CT molecular complexity index is 507. The molecule has 0 radical (unpaired) electrons. The molecule has 1 heterocycles. The van der Waals surface area contributed by atoms with E-state index in [1.54, 1.807) is 11.3 Å². The van der Waals surface area contributed by atoms with Gasteiger partial charge in [-0.05, 0) is 42.0 Å². The zero-order valence-corrected chi connectivity index (χ0v) is 12.1. The Labute approximate surface area is 122 Å². The van der Waals surface area contributed by atoms with E-state index in [1.165, 1.54) is 5.56 Å². The summed E-state index contributed by atoms with van der Waals surface area (Å²) in [5.74, 6) is 0.0959. The van der Waals surface area contributed by atoms with Crippen LogP contribution >= 0.6 is 22.9 Å². The van der Waals surface area contributed by atoms with Gasteiger partial charge in [-0.25, -0.2) is 0 Å². The number of benzene rings is 1. The first kappa shape index (κ1) is 14.1. The molecule has 2 rings (SSSR count). The average Bonchev–Trinajstić information content (AvgIpc) is 2.89. The van der Waals surface area contributed by atoms with Crippen molar-refractivity contribution in [2.24, 2.45) is 0 Å². The number of amides is 1. The number of thiophene rings is 1. The molecule has 1 amide bonds. The van der Waals surface area contributed by atoms with E-state index >= 15 is 0 Å². The maximum atomic E-state index is 11.6. The monoisotopic (exact) mass is 293 g/mol. The summed E-state index contributed by atoms with van der Waals surface area (Å²) >= 11 is 7.44. The highest BCUT2D eigenvalue weighted by molar-refractivity contribution is 7.10. The summed E-state index contributed by atoms with van der Waals surface area (Å²) in [6.45, 7) is 0.715. The molecule has 4 heteroatoms. The van der Waals surface area contributed by atoms with Crippen LogP contribution in [-0.2, 0) is 17.6 Å². The number of hydrogen-bond acceptors (Lipinski definition) is 2. The van der Waals surface area contributed by atoms with Crippen LogP contribution in [0, 0.1) is 0 Å². The van der Waals surface area contributed by atoms with Gasteiger partial charge in [-0.1, -0.05) is 29.8 Å². The van der Waals surface area contributed by atoms with E-state index in [0.717, 1.165) is 22.7 Å². The van der Waals surface area contributed by atoms with Gasteiger partial charge in [0.05, 0.1) is 6.42 Å². The van der Waals surface area contributed by atoms with E-state index in [2.05, 4.69) is 5.32 Å². The van der Waals surface area contributed by atoms with Gasteiger partial charge < -0.3 is 5.32 Å². The van der Waals surface area contributed by atoms with Crippen molar-refractivity contribution in [3.05, 3.63) is 57.2 Å². The third-order valence-electron chi connectivity index (χ3n) is 2.79. The fourth-order valence-electron chi connectivity index (χ4n) is 1.81. The predicted octanol–water partition coefficient (Wildman–Crippen LogP) is 3.69. The summed E-state index contributed by atoms with van der Waals surface area (Å²) in [6, 6.07) is 11.8. The Morgan fingerprint density at radius 2 is 2.00 bits per heavy atom. The molecule has 0 fully saturated rings. The molecule has 0 saturated carbocycles. The SMILES string of the molecule is O=C(Cc1cccs1)NCCCc1ccc(Cl)cc1. The number of hydrogen-bond donors (Lipinski definition) is 1. The fraction of sp³-hybridized carbons (Fsp3) is 0.267. The third-order valence-corrected chi connectivity index (χ3v) is 3.92. The predicted molar refractivity (Wildman–Crippen MR) is 80.8 cm³/mol. The standard InChI is InChI=1S/C15H16ClNOS/c16-13-7-5-12(6-8-13)3-1-9-17-15(18)11-14-4-2-10-19-14/h2,4-8,10H,1,3,9,11H2,(H,17,18). The molecule has 0 bridgehead atoms. The maximum Gasteiger partial charge on any atom is 0.225 e. The molecule has 19 heavy (non-hydrogen) atoms. The normalized spacial score (nSPS) is 10.4. The van der Waals surface area contributed by atoms with Crippen molar-refractivity contribution in [1.82, 2.24) is 5.32 Å². The van der Waals surface area contributed by atoms with Crippen LogP contribution in [0.15, 0.2) is 41.8 Å². The molecule has 2 nitrogen and oxygen atoms in total. The van der Waals surface area contributed by atoms with Gasteiger partial charge in [0, 0.05) is 16.4 Å². The molecule has 0 spiro atoms. The lowest BCUT2D eigenvalue weighted by Crippen LogP contribution is -2.26. The van der Waals surface area contributed by atoms with Crippen LogP contribution < -0.4 is 5.32 Å². The molecular weight excluding hydrogens is 278 g/mol. The number of rotatable bonds is 6. The topological polar surface area (TPSA) is 29.1 Å². The lowest BCUT2D eigenvalue weighted by Gasteiger charge is -2.04. The maximum absolute atomic E-state index is 11.6. The number of nitrogens with one attached hydrogen (secondary N) is 1. The van der Waals surface area contributed by atoms with E-state index in [0.29, 0.717) is 13.0 Å². The van der Waals surface area contributed by atoms with Gasteiger partial charge in [-0.15, -0.1) is 11.3 Å². The van der Waals surface area contributed by atoms with Gasteiger partial charge in [-0.3, -0.25) is 4.79 Å². The molecule has 0 atom stereocenters. The quantitative estimate of drug-likeness (QED) is 0.809. The van der Waals surface area contributed by atoms with Crippen molar-refractivity contribution in [1.29, 1.82) is 0 Å². The van der Waals surface area contributed by atoms with Gasteiger partial charge in [0.15, 0.2) is 0 Å². The second-order valence-electron chi connectivity index (χ2n) is 4.34. The molecule has 0 aliphatic carbocycles. The highest BCUT2D eigenvalue weighted by Gasteiger charge is 2.03. The summed E-state index contributed by atoms with van der Waals surface area (Å²) in [7, 11) is 0. The summed E-state index contributed by atoms with van der Waals surface area (Å²) in [4.78, 5) is 12.8. The van der Waals surface area contributed by atoms with Crippen LogP contribution in [0.2, 0.25) is 5.02 Å². The van der Waals surface area contributed by atoms with E-state index in [1.807, 2.05) is 41.8 Å². The van der Waals surface area contributed by atoms with Gasteiger partial charge in [-0.2, -0.15) is 0 Å². The number of aryl methyl sites for hydroxylation is 1. The average molecular weight is 294 g/mol. The van der Waals surface area contributed by atoms with Gasteiger partial charge in [0.1, 0.15) is 0 Å². The molecular formula is C15H16ClNOS. The molecule has 0 unspecified atom stereocenters. The first-order valence-corrected chi connectivity index (χ1v) is 7.53. The molecule has 0 aliphatic heterocycles. The van der Waals surface area contributed by atoms with Crippen LogP contribution in [0.3, 0.4) is 0 Å². The zero-order valence-electron chi connectivity index (χ0n) is 10.6.